The molecule has 0 aliphatic carbocycles. The highest BCUT2D eigenvalue weighted by molar-refractivity contribution is 9.10. The molecular weight excluding hydrogens is 346 g/mol. The van der Waals surface area contributed by atoms with E-state index in [2.05, 4.69) is 72.3 Å². The summed E-state index contributed by atoms with van der Waals surface area (Å²) in [5.74, 6) is 0.915. The van der Waals surface area contributed by atoms with Crippen molar-refractivity contribution in [1.29, 1.82) is 0 Å². The molecule has 1 unspecified atom stereocenters. The van der Waals surface area contributed by atoms with E-state index in [4.69, 9.17) is 4.74 Å². The number of nitrogens with one attached hydrogen (secondary N) is 1. The smallest absolute Gasteiger partial charge is 0.133 e. The first kappa shape index (κ1) is 16.5. The van der Waals surface area contributed by atoms with Gasteiger partial charge in [0, 0.05) is 9.75 Å². The summed E-state index contributed by atoms with van der Waals surface area (Å²) >= 11 is 5.47. The van der Waals surface area contributed by atoms with Crippen LogP contribution in [0.25, 0.3) is 0 Å². The number of thiophene rings is 1. The fraction of sp³-hybridized carbons (Fsp3) is 0.412. The third-order valence-corrected chi connectivity index (χ3v) is 4.89. The molecule has 114 valence electrons. The Labute approximate surface area is 139 Å². The van der Waals surface area contributed by atoms with Crippen molar-refractivity contribution in [2.24, 2.45) is 0 Å². The number of aryl methyl sites for hydroxylation is 1. The van der Waals surface area contributed by atoms with Gasteiger partial charge in [0.05, 0.1) is 17.1 Å². The van der Waals surface area contributed by atoms with Gasteiger partial charge in [0.15, 0.2) is 0 Å². The van der Waals surface area contributed by atoms with Crippen molar-refractivity contribution >= 4 is 27.3 Å². The first-order valence-electron chi connectivity index (χ1n) is 7.37. The zero-order valence-electron chi connectivity index (χ0n) is 12.8. The number of ether oxygens (including phenoxy) is 1. The van der Waals surface area contributed by atoms with E-state index in [1.165, 1.54) is 15.3 Å². The predicted octanol–water partition coefficient (Wildman–Crippen LogP) is 5.31. The topological polar surface area (TPSA) is 21.3 Å². The van der Waals surface area contributed by atoms with Crippen LogP contribution in [0.5, 0.6) is 5.75 Å². The summed E-state index contributed by atoms with van der Waals surface area (Å²) in [5.41, 5.74) is 1.26. The maximum absolute atomic E-state index is 5.73. The molecule has 0 aliphatic rings. The van der Waals surface area contributed by atoms with Crippen LogP contribution in [-0.2, 0) is 0 Å². The summed E-state index contributed by atoms with van der Waals surface area (Å²) < 4.78 is 6.74. The van der Waals surface area contributed by atoms with Crippen LogP contribution in [0.2, 0.25) is 0 Å². The molecule has 4 heteroatoms. The molecule has 1 atom stereocenters. The summed E-state index contributed by atoms with van der Waals surface area (Å²) in [6, 6.07) is 11.0. The second kappa shape index (κ2) is 7.97. The highest BCUT2D eigenvalue weighted by atomic mass is 79.9. The Bertz CT molecular complexity index is 582. The molecule has 1 aromatic carbocycles. The molecule has 0 bridgehead atoms. The Balaban J connectivity index is 2.26. The minimum Gasteiger partial charge on any atom is -0.492 e. The van der Waals surface area contributed by atoms with Crippen molar-refractivity contribution < 1.29 is 4.74 Å². The molecule has 0 saturated heterocycles. The van der Waals surface area contributed by atoms with Crippen LogP contribution < -0.4 is 10.1 Å². The van der Waals surface area contributed by atoms with Gasteiger partial charge in [-0.1, -0.05) is 19.9 Å². The van der Waals surface area contributed by atoms with Crippen LogP contribution in [0, 0.1) is 6.92 Å². The fourth-order valence-electron chi connectivity index (χ4n) is 2.22. The van der Waals surface area contributed by atoms with Crippen LogP contribution >= 0.6 is 27.3 Å². The number of benzene rings is 1. The lowest BCUT2D eigenvalue weighted by Gasteiger charge is -2.18. The molecule has 0 radical (unpaired) electrons. The lowest BCUT2D eigenvalue weighted by atomic mass is 10.1. The van der Waals surface area contributed by atoms with E-state index in [0.717, 1.165) is 29.8 Å². The number of hydrogen-bond acceptors (Lipinski definition) is 3. The largest absolute Gasteiger partial charge is 0.492 e. The van der Waals surface area contributed by atoms with Crippen LogP contribution in [0.3, 0.4) is 0 Å². The molecule has 0 amide bonds. The van der Waals surface area contributed by atoms with E-state index in [0.29, 0.717) is 0 Å². The maximum atomic E-state index is 5.73. The summed E-state index contributed by atoms with van der Waals surface area (Å²) in [4.78, 5) is 2.69. The molecule has 0 saturated carbocycles. The van der Waals surface area contributed by atoms with E-state index in [1.54, 1.807) is 0 Å². The van der Waals surface area contributed by atoms with Gasteiger partial charge in [0.1, 0.15) is 5.75 Å². The van der Waals surface area contributed by atoms with E-state index in [9.17, 15) is 0 Å². The molecule has 2 rings (SSSR count). The van der Waals surface area contributed by atoms with Gasteiger partial charge >= 0.3 is 0 Å². The van der Waals surface area contributed by atoms with Crippen molar-refractivity contribution in [1.82, 2.24) is 5.32 Å². The van der Waals surface area contributed by atoms with Gasteiger partial charge in [-0.05, 0) is 65.6 Å². The maximum Gasteiger partial charge on any atom is 0.133 e. The van der Waals surface area contributed by atoms with E-state index in [1.807, 2.05) is 11.3 Å². The molecule has 0 fully saturated rings. The van der Waals surface area contributed by atoms with Crippen LogP contribution in [0.1, 0.15) is 41.6 Å². The Morgan fingerprint density at radius 2 is 2.05 bits per heavy atom. The standard InChI is InChI=1S/C17H22BrNOS/c1-4-10-20-15-8-7-13(11-14(15)18)17(19-5-2)16-9-6-12(3)21-16/h6-9,11,17,19H,4-5,10H2,1-3H3. The minimum absolute atomic E-state index is 0.241. The van der Waals surface area contributed by atoms with Gasteiger partial charge < -0.3 is 10.1 Å². The summed E-state index contributed by atoms with van der Waals surface area (Å²) in [7, 11) is 0. The summed E-state index contributed by atoms with van der Waals surface area (Å²) in [6.45, 7) is 8.09. The molecule has 0 spiro atoms. The molecule has 2 aromatic rings. The van der Waals surface area contributed by atoms with Gasteiger partial charge in [-0.25, -0.2) is 0 Å². The average Bonchev–Trinajstić information content (AvgIpc) is 2.90. The van der Waals surface area contributed by atoms with Crippen LogP contribution in [0.15, 0.2) is 34.8 Å². The average molecular weight is 368 g/mol. The number of hydrogen-bond donors (Lipinski definition) is 1. The number of halogens is 1. The van der Waals surface area contributed by atoms with Gasteiger partial charge in [-0.2, -0.15) is 0 Å². The van der Waals surface area contributed by atoms with E-state index < -0.39 is 0 Å². The lowest BCUT2D eigenvalue weighted by molar-refractivity contribution is 0.315. The van der Waals surface area contributed by atoms with Gasteiger partial charge in [0.25, 0.3) is 0 Å². The molecule has 1 N–H and O–H groups in total. The molecule has 0 aliphatic heterocycles. The quantitative estimate of drug-likeness (QED) is 0.715. The van der Waals surface area contributed by atoms with Gasteiger partial charge in [-0.15, -0.1) is 11.3 Å². The normalized spacial score (nSPS) is 12.4. The molecular formula is C17H22BrNOS. The van der Waals surface area contributed by atoms with Gasteiger partial charge in [-0.3, -0.25) is 0 Å². The Kier molecular flexibility index (Phi) is 6.27. The Morgan fingerprint density at radius 3 is 2.62 bits per heavy atom. The Morgan fingerprint density at radius 1 is 1.24 bits per heavy atom. The van der Waals surface area contributed by atoms with Crippen LogP contribution in [-0.4, -0.2) is 13.2 Å². The Hall–Kier alpha value is -0.840. The van der Waals surface area contributed by atoms with E-state index >= 15 is 0 Å². The predicted molar refractivity (Wildman–Crippen MR) is 94.5 cm³/mol. The summed E-state index contributed by atoms with van der Waals surface area (Å²) in [6.07, 6.45) is 1.02. The minimum atomic E-state index is 0.241. The van der Waals surface area contributed by atoms with Gasteiger partial charge in [0.2, 0.25) is 0 Å². The summed E-state index contributed by atoms with van der Waals surface area (Å²) in [5, 5.41) is 3.57. The highest BCUT2D eigenvalue weighted by Gasteiger charge is 2.16. The first-order chi connectivity index (χ1) is 10.2. The molecule has 2 nitrogen and oxygen atoms in total. The monoisotopic (exact) mass is 367 g/mol. The SMILES string of the molecule is CCCOc1ccc(C(NCC)c2ccc(C)s2)cc1Br. The fourth-order valence-corrected chi connectivity index (χ4v) is 3.71. The van der Waals surface area contributed by atoms with Crippen molar-refractivity contribution in [2.75, 3.05) is 13.2 Å². The van der Waals surface area contributed by atoms with Crippen LogP contribution in [0.4, 0.5) is 0 Å². The van der Waals surface area contributed by atoms with E-state index in [-0.39, 0.29) is 6.04 Å². The molecule has 21 heavy (non-hydrogen) atoms. The van der Waals surface area contributed by atoms with Crippen molar-refractivity contribution in [3.05, 3.63) is 50.1 Å². The first-order valence-corrected chi connectivity index (χ1v) is 8.98. The zero-order chi connectivity index (χ0) is 15.2. The zero-order valence-corrected chi connectivity index (χ0v) is 15.2. The van der Waals surface area contributed by atoms with Crippen molar-refractivity contribution in [3.8, 4) is 5.75 Å². The molecule has 1 heterocycles. The lowest BCUT2D eigenvalue weighted by Crippen LogP contribution is -2.21. The van der Waals surface area contributed by atoms with Crippen molar-refractivity contribution in [2.45, 2.75) is 33.2 Å². The van der Waals surface area contributed by atoms with Crippen molar-refractivity contribution in [3.63, 3.8) is 0 Å². The highest BCUT2D eigenvalue weighted by Crippen LogP contribution is 2.33. The third-order valence-electron chi connectivity index (χ3n) is 3.20. The third kappa shape index (κ3) is 4.31. The second-order valence-electron chi connectivity index (χ2n) is 4.98. The second-order valence-corrected chi connectivity index (χ2v) is 7.15. The molecule has 1 aromatic heterocycles. The number of rotatable bonds is 7.